The van der Waals surface area contributed by atoms with E-state index in [2.05, 4.69) is 24.1 Å². The number of H-pyrrole nitrogens is 1. The number of hydrogen-bond donors (Lipinski definition) is 3. The first-order valence-electron chi connectivity index (χ1n) is 8.93. The number of carbonyl (C=O) groups is 1. The van der Waals surface area contributed by atoms with Crippen molar-refractivity contribution in [2.75, 3.05) is 13.2 Å². The molecule has 2 aromatic carbocycles. The highest BCUT2D eigenvalue weighted by Crippen LogP contribution is 2.27. The van der Waals surface area contributed by atoms with Crippen LogP contribution in [0.5, 0.6) is 5.75 Å². The molecular weight excluding hydrogens is 326 g/mol. The molecule has 0 aliphatic carbocycles. The molecule has 0 radical (unpaired) electrons. The van der Waals surface area contributed by atoms with Gasteiger partial charge in [0.15, 0.2) is 0 Å². The predicted octanol–water partition coefficient (Wildman–Crippen LogP) is 3.70. The third-order valence-electron chi connectivity index (χ3n) is 4.24. The van der Waals surface area contributed by atoms with Gasteiger partial charge in [-0.15, -0.1) is 0 Å². The highest BCUT2D eigenvalue weighted by Gasteiger charge is 2.10. The van der Waals surface area contributed by atoms with Crippen LogP contribution in [-0.4, -0.2) is 30.1 Å². The average molecular weight is 351 g/mol. The standard InChI is InChI=1S/C21H25N3O2/c1-14(2)23-11-4-12-26-16-9-7-15(8-10-16)20-13-18-17(21(22)25)5-3-6-19(18)24-20/h3,5-10,13-14,23-24H,4,11-12H2,1-2H3,(H2,22,25). The Labute approximate surface area is 153 Å². The molecule has 1 aromatic heterocycles. The van der Waals surface area contributed by atoms with Crippen molar-refractivity contribution in [3.8, 4) is 17.0 Å². The molecule has 0 aliphatic rings. The number of primary amides is 1. The van der Waals surface area contributed by atoms with Crippen LogP contribution in [0.15, 0.2) is 48.5 Å². The summed E-state index contributed by atoms with van der Waals surface area (Å²) in [5.41, 5.74) is 8.86. The lowest BCUT2D eigenvalue weighted by Gasteiger charge is -2.09. The van der Waals surface area contributed by atoms with Gasteiger partial charge in [-0.05, 0) is 61.0 Å². The molecule has 136 valence electrons. The van der Waals surface area contributed by atoms with Crippen molar-refractivity contribution in [1.29, 1.82) is 0 Å². The third kappa shape index (κ3) is 4.24. The van der Waals surface area contributed by atoms with Gasteiger partial charge in [-0.1, -0.05) is 19.9 Å². The summed E-state index contributed by atoms with van der Waals surface area (Å²) in [6, 6.07) is 15.9. The highest BCUT2D eigenvalue weighted by atomic mass is 16.5. The van der Waals surface area contributed by atoms with Crippen LogP contribution in [0, 0.1) is 0 Å². The van der Waals surface area contributed by atoms with Gasteiger partial charge in [0, 0.05) is 28.2 Å². The van der Waals surface area contributed by atoms with Gasteiger partial charge in [0.2, 0.25) is 5.91 Å². The second-order valence-corrected chi connectivity index (χ2v) is 6.65. The number of carbonyl (C=O) groups excluding carboxylic acids is 1. The Bertz CT molecular complexity index is 882. The van der Waals surface area contributed by atoms with Gasteiger partial charge < -0.3 is 20.8 Å². The molecule has 0 fully saturated rings. The molecule has 0 bridgehead atoms. The van der Waals surface area contributed by atoms with E-state index in [0.717, 1.165) is 40.9 Å². The molecule has 3 aromatic rings. The van der Waals surface area contributed by atoms with Crippen LogP contribution in [0.4, 0.5) is 0 Å². The third-order valence-corrected chi connectivity index (χ3v) is 4.24. The number of aromatic amines is 1. The maximum atomic E-state index is 11.6. The molecule has 0 unspecified atom stereocenters. The number of amides is 1. The number of hydrogen-bond acceptors (Lipinski definition) is 3. The van der Waals surface area contributed by atoms with Crippen LogP contribution < -0.4 is 15.8 Å². The minimum atomic E-state index is -0.420. The van der Waals surface area contributed by atoms with Crippen LogP contribution in [0.25, 0.3) is 22.2 Å². The first kappa shape index (κ1) is 18.0. The van der Waals surface area contributed by atoms with Crippen molar-refractivity contribution in [2.45, 2.75) is 26.3 Å². The molecule has 0 saturated carbocycles. The quantitative estimate of drug-likeness (QED) is 0.541. The Morgan fingerprint density at radius 3 is 2.65 bits per heavy atom. The number of nitrogens with one attached hydrogen (secondary N) is 2. The van der Waals surface area contributed by atoms with Gasteiger partial charge in [0.1, 0.15) is 5.75 Å². The SMILES string of the molecule is CC(C)NCCCOc1ccc(-c2cc3c(C(N)=O)cccc3[nH]2)cc1. The molecule has 0 atom stereocenters. The van der Waals surface area contributed by atoms with Gasteiger partial charge in [0.25, 0.3) is 0 Å². The van der Waals surface area contributed by atoms with E-state index in [4.69, 9.17) is 10.5 Å². The Kier molecular flexibility index (Phi) is 5.58. The fourth-order valence-corrected chi connectivity index (χ4v) is 2.91. The largest absolute Gasteiger partial charge is 0.494 e. The lowest BCUT2D eigenvalue weighted by molar-refractivity contribution is 0.100. The van der Waals surface area contributed by atoms with E-state index in [1.54, 1.807) is 6.07 Å². The monoisotopic (exact) mass is 351 g/mol. The maximum absolute atomic E-state index is 11.6. The molecular formula is C21H25N3O2. The molecule has 5 nitrogen and oxygen atoms in total. The Hall–Kier alpha value is -2.79. The van der Waals surface area contributed by atoms with Crippen molar-refractivity contribution in [3.63, 3.8) is 0 Å². The summed E-state index contributed by atoms with van der Waals surface area (Å²) in [7, 11) is 0. The summed E-state index contributed by atoms with van der Waals surface area (Å²) in [6.45, 7) is 5.91. The summed E-state index contributed by atoms with van der Waals surface area (Å²) >= 11 is 0. The van der Waals surface area contributed by atoms with E-state index < -0.39 is 5.91 Å². The predicted molar refractivity (Wildman–Crippen MR) is 106 cm³/mol. The number of nitrogens with two attached hydrogens (primary N) is 1. The maximum Gasteiger partial charge on any atom is 0.249 e. The zero-order chi connectivity index (χ0) is 18.5. The molecule has 1 heterocycles. The molecule has 0 saturated heterocycles. The first-order valence-corrected chi connectivity index (χ1v) is 8.93. The fourth-order valence-electron chi connectivity index (χ4n) is 2.91. The normalized spacial score (nSPS) is 11.2. The molecule has 26 heavy (non-hydrogen) atoms. The number of benzene rings is 2. The molecule has 5 heteroatoms. The molecule has 0 aliphatic heterocycles. The Morgan fingerprint density at radius 2 is 1.96 bits per heavy atom. The summed E-state index contributed by atoms with van der Waals surface area (Å²) < 4.78 is 5.78. The summed E-state index contributed by atoms with van der Waals surface area (Å²) in [5, 5.41) is 4.21. The van der Waals surface area contributed by atoms with Gasteiger partial charge in [-0.3, -0.25) is 4.79 Å². The van der Waals surface area contributed by atoms with Crippen molar-refractivity contribution in [1.82, 2.24) is 10.3 Å². The Balaban J connectivity index is 1.68. The lowest BCUT2D eigenvalue weighted by Crippen LogP contribution is -2.24. The number of fused-ring (bicyclic) bond motifs is 1. The minimum absolute atomic E-state index is 0.420. The van der Waals surface area contributed by atoms with Crippen LogP contribution in [0.3, 0.4) is 0 Å². The zero-order valence-corrected chi connectivity index (χ0v) is 15.2. The summed E-state index contributed by atoms with van der Waals surface area (Å²) in [6.07, 6.45) is 0.970. The van der Waals surface area contributed by atoms with E-state index in [-0.39, 0.29) is 0 Å². The topological polar surface area (TPSA) is 80.1 Å². The van der Waals surface area contributed by atoms with Gasteiger partial charge in [0.05, 0.1) is 6.61 Å². The zero-order valence-electron chi connectivity index (χ0n) is 15.2. The van der Waals surface area contributed by atoms with Crippen molar-refractivity contribution in [3.05, 3.63) is 54.1 Å². The van der Waals surface area contributed by atoms with E-state index in [0.29, 0.717) is 18.2 Å². The van der Waals surface area contributed by atoms with E-state index in [9.17, 15) is 4.79 Å². The second kappa shape index (κ2) is 8.06. The van der Waals surface area contributed by atoms with Crippen molar-refractivity contribution < 1.29 is 9.53 Å². The van der Waals surface area contributed by atoms with Crippen molar-refractivity contribution >= 4 is 16.8 Å². The molecule has 4 N–H and O–H groups in total. The molecule has 1 amide bonds. The van der Waals surface area contributed by atoms with Crippen molar-refractivity contribution in [2.24, 2.45) is 5.73 Å². The van der Waals surface area contributed by atoms with Gasteiger partial charge >= 0.3 is 0 Å². The van der Waals surface area contributed by atoms with E-state index in [1.807, 2.05) is 42.5 Å². The minimum Gasteiger partial charge on any atom is -0.494 e. The van der Waals surface area contributed by atoms with Gasteiger partial charge in [-0.25, -0.2) is 0 Å². The summed E-state index contributed by atoms with van der Waals surface area (Å²) in [5.74, 6) is 0.434. The lowest BCUT2D eigenvalue weighted by atomic mass is 10.1. The van der Waals surface area contributed by atoms with Crippen LogP contribution in [0.1, 0.15) is 30.6 Å². The van der Waals surface area contributed by atoms with Crippen LogP contribution in [-0.2, 0) is 0 Å². The van der Waals surface area contributed by atoms with E-state index in [1.165, 1.54) is 0 Å². The average Bonchev–Trinajstić information content (AvgIpc) is 3.05. The van der Waals surface area contributed by atoms with E-state index >= 15 is 0 Å². The molecule has 3 rings (SSSR count). The molecule has 0 spiro atoms. The second-order valence-electron chi connectivity index (χ2n) is 6.65. The number of aromatic nitrogens is 1. The number of ether oxygens (including phenoxy) is 1. The highest BCUT2D eigenvalue weighted by molar-refractivity contribution is 6.06. The van der Waals surface area contributed by atoms with Gasteiger partial charge in [-0.2, -0.15) is 0 Å². The Morgan fingerprint density at radius 1 is 1.19 bits per heavy atom. The smallest absolute Gasteiger partial charge is 0.249 e. The van der Waals surface area contributed by atoms with Crippen LogP contribution >= 0.6 is 0 Å². The first-order chi connectivity index (χ1) is 12.5. The fraction of sp³-hybridized carbons (Fsp3) is 0.286. The number of rotatable bonds is 8. The summed E-state index contributed by atoms with van der Waals surface area (Å²) in [4.78, 5) is 14.9. The van der Waals surface area contributed by atoms with Crippen LogP contribution in [0.2, 0.25) is 0 Å².